The summed E-state index contributed by atoms with van der Waals surface area (Å²) in [6.07, 6.45) is 4.57. The van der Waals surface area contributed by atoms with Crippen molar-refractivity contribution in [1.82, 2.24) is 0 Å². The van der Waals surface area contributed by atoms with Crippen molar-refractivity contribution in [3.8, 4) is 0 Å². The van der Waals surface area contributed by atoms with Crippen molar-refractivity contribution in [2.24, 2.45) is 23.7 Å². The summed E-state index contributed by atoms with van der Waals surface area (Å²) in [5, 5.41) is 43.1. The van der Waals surface area contributed by atoms with Crippen molar-refractivity contribution in [3.05, 3.63) is 24.3 Å². The fourth-order valence-corrected chi connectivity index (χ4v) is 19.3. The predicted molar refractivity (Wildman–Crippen MR) is 287 cm³/mol. The van der Waals surface area contributed by atoms with Gasteiger partial charge in [-0.1, -0.05) is 49.6 Å². The summed E-state index contributed by atoms with van der Waals surface area (Å²) in [5.74, 6) is -4.97. The minimum Gasteiger partial charge on any atom is -0.394 e. The van der Waals surface area contributed by atoms with Crippen molar-refractivity contribution in [2.75, 3.05) is 13.2 Å². The Bertz CT molecular complexity index is 2380. The Hall–Kier alpha value is -0.840. The van der Waals surface area contributed by atoms with Crippen LogP contribution in [0, 0.1) is 23.7 Å². The molecule has 3 unspecified atom stereocenters. The van der Waals surface area contributed by atoms with Gasteiger partial charge in [-0.05, 0) is 86.7 Å². The zero-order valence-electron chi connectivity index (χ0n) is 46.3. The molecule has 15 aliphatic rings. The van der Waals surface area contributed by atoms with Gasteiger partial charge in [-0.25, -0.2) is 0 Å². The molecule has 20 heteroatoms. The average Bonchev–Trinajstić information content (AvgIpc) is 3.72. The molecule has 0 aliphatic carbocycles. The highest BCUT2D eigenvalue weighted by Gasteiger charge is 2.68. The summed E-state index contributed by atoms with van der Waals surface area (Å²) >= 11 is 2.31. The molecular weight excluding hydrogens is 1150 g/mol. The van der Waals surface area contributed by atoms with Crippen LogP contribution in [0.25, 0.3) is 0 Å². The van der Waals surface area contributed by atoms with Crippen molar-refractivity contribution >= 4 is 28.4 Å². The van der Waals surface area contributed by atoms with E-state index in [9.17, 15) is 25.2 Å². The normalized spacial score (nSPS) is 56.5. The molecule has 80 heavy (non-hydrogen) atoms. The number of aliphatic hydroxyl groups is 4. The number of rotatable bonds is 2. The zero-order valence-corrected chi connectivity index (χ0v) is 48.5. The summed E-state index contributed by atoms with van der Waals surface area (Å²) in [4.78, 5) is 14.7. The Morgan fingerprint density at radius 1 is 0.575 bits per heavy atom. The fourth-order valence-electron chi connectivity index (χ4n) is 18.2. The highest BCUT2D eigenvalue weighted by atomic mass is 127. The summed E-state index contributed by atoms with van der Waals surface area (Å²) < 4.78 is 95.8. The molecule has 3 spiro atoms. The van der Waals surface area contributed by atoms with E-state index in [0.717, 1.165) is 36.8 Å². The number of aliphatic hydroxyl groups excluding tert-OH is 2. The highest BCUT2D eigenvalue weighted by Crippen LogP contribution is 2.57. The van der Waals surface area contributed by atoms with E-state index >= 15 is 0 Å². The molecule has 15 fully saturated rings. The number of ether oxygens (including phenoxy) is 14. The first kappa shape index (κ1) is 55.7. The average molecular weight is 1240 g/mol. The van der Waals surface area contributed by atoms with Gasteiger partial charge in [0, 0.05) is 70.1 Å². The standard InChI is InChI=1S/C60H85IO19/c1-27-13-33-5-7-38-28(2)14-35(68-38)9-11-58-26-60(65,66)56(80-58)55-50(61)54(79-58)53-40(73-55)8-6-34(70-53)17-32(63)15-31-16-43-44(71-42(31)18-41(69-33)30(27)4)19-45-48(72-43)22-59(76-45)23-49-39(75-59)10-12-57(78-49)21-29(3)51-47(77-57)20-46-52(74-51)36(25-67-46)37(64)24-62/h27,29,31,33-56,62,64-66H,2,4-26H2,1,3H3/t27-,29+,31-,33+,34-,35+,36?,37+,38+,39+,40+,41-,42+,43+,44+,45-,46-,47+,48?,49+,50+,51+,52-,53+,54-,55-,56?,57+,58-,59-/m1/s1. The predicted octanol–water partition coefficient (Wildman–Crippen LogP) is 5.08. The van der Waals surface area contributed by atoms with Crippen LogP contribution in [0.2, 0.25) is 0 Å². The van der Waals surface area contributed by atoms with Crippen LogP contribution in [0.5, 0.6) is 0 Å². The van der Waals surface area contributed by atoms with E-state index in [2.05, 4.69) is 49.6 Å². The van der Waals surface area contributed by atoms with E-state index in [-0.39, 0.29) is 157 Å². The molecule has 15 aliphatic heterocycles. The van der Waals surface area contributed by atoms with Crippen LogP contribution in [-0.4, -0.2) is 201 Å². The number of carbonyl (C=O) groups excluding carboxylic acids is 1. The van der Waals surface area contributed by atoms with Gasteiger partial charge in [0.05, 0.1) is 133 Å². The monoisotopic (exact) mass is 1240 g/mol. The Balaban J connectivity index is 0.642. The molecule has 0 aromatic rings. The minimum absolute atomic E-state index is 0.0178. The van der Waals surface area contributed by atoms with Gasteiger partial charge < -0.3 is 86.7 Å². The second-order valence-corrected chi connectivity index (χ2v) is 29.1. The quantitative estimate of drug-likeness (QED) is 0.122. The van der Waals surface area contributed by atoms with E-state index in [1.165, 1.54) is 0 Å². The van der Waals surface area contributed by atoms with Crippen LogP contribution in [0.3, 0.4) is 0 Å². The van der Waals surface area contributed by atoms with Crippen LogP contribution >= 0.6 is 22.6 Å². The molecule has 19 nitrogen and oxygen atoms in total. The maximum atomic E-state index is 14.7. The number of halogens is 1. The largest absolute Gasteiger partial charge is 0.394 e. The second kappa shape index (κ2) is 20.9. The first-order valence-electron chi connectivity index (χ1n) is 30.9. The summed E-state index contributed by atoms with van der Waals surface area (Å²) in [6.45, 7) is 13.5. The molecule has 4 N–H and O–H groups in total. The maximum Gasteiger partial charge on any atom is 0.197 e. The Morgan fingerprint density at radius 3 is 2.17 bits per heavy atom. The van der Waals surface area contributed by atoms with E-state index in [0.29, 0.717) is 96.5 Å². The number of Topliss-reactive ketones (excluding diaryl/α,β-unsaturated/α-hetero) is 1. The van der Waals surface area contributed by atoms with Gasteiger partial charge in [0.25, 0.3) is 0 Å². The van der Waals surface area contributed by atoms with Crippen LogP contribution in [0.15, 0.2) is 24.3 Å². The van der Waals surface area contributed by atoms with Gasteiger partial charge in [0.15, 0.2) is 23.1 Å². The van der Waals surface area contributed by atoms with Gasteiger partial charge in [-0.15, -0.1) is 0 Å². The fraction of sp³-hybridized carbons (Fsp3) is 0.917. The Kier molecular flexibility index (Phi) is 14.6. The van der Waals surface area contributed by atoms with Crippen LogP contribution in [0.1, 0.15) is 142 Å². The number of ketones is 1. The number of alkyl halides is 1. The molecule has 0 amide bonds. The van der Waals surface area contributed by atoms with Crippen LogP contribution in [0.4, 0.5) is 0 Å². The number of hydrogen-bond acceptors (Lipinski definition) is 19. The van der Waals surface area contributed by atoms with Crippen LogP contribution in [-0.2, 0) is 71.1 Å². The van der Waals surface area contributed by atoms with Gasteiger partial charge in [0.2, 0.25) is 0 Å². The smallest absolute Gasteiger partial charge is 0.197 e. The number of carbonyl (C=O) groups is 1. The van der Waals surface area contributed by atoms with Gasteiger partial charge in [0.1, 0.15) is 30.2 Å². The third-order valence-electron chi connectivity index (χ3n) is 22.1. The van der Waals surface area contributed by atoms with Crippen molar-refractivity contribution in [2.45, 2.75) is 304 Å². The van der Waals surface area contributed by atoms with E-state index in [1.54, 1.807) is 0 Å². The molecule has 0 aromatic carbocycles. The molecule has 15 rings (SSSR count). The molecule has 30 atom stereocenters. The maximum absolute atomic E-state index is 14.7. The first-order valence-corrected chi connectivity index (χ1v) is 32.2. The molecule has 10 bridgehead atoms. The van der Waals surface area contributed by atoms with E-state index in [4.69, 9.17) is 66.3 Å². The summed E-state index contributed by atoms with van der Waals surface area (Å²) in [7, 11) is 0. The Morgan fingerprint density at radius 2 is 1.31 bits per heavy atom. The third kappa shape index (κ3) is 9.85. The lowest BCUT2D eigenvalue weighted by atomic mass is 9.78. The van der Waals surface area contributed by atoms with Gasteiger partial charge in [-0.2, -0.15) is 0 Å². The lowest BCUT2D eigenvalue weighted by Gasteiger charge is -2.53. The topological polar surface area (TPSA) is 227 Å². The summed E-state index contributed by atoms with van der Waals surface area (Å²) in [6, 6.07) is 0. The van der Waals surface area contributed by atoms with Crippen molar-refractivity contribution in [3.63, 3.8) is 0 Å². The zero-order chi connectivity index (χ0) is 54.8. The molecule has 0 saturated carbocycles. The summed E-state index contributed by atoms with van der Waals surface area (Å²) in [5.41, 5.74) is 2.12. The highest BCUT2D eigenvalue weighted by molar-refractivity contribution is 14.1. The SMILES string of the molecule is C=C1C[C@@H]2CC[C@]34CC(O)(O)C(O3)[C@@H]3O[C@H]5CC[C@H](CC(=O)C[C@@H]6C[C@@H]7OC8C[C@]9(C[C@@H]%10O[C@@]%11(CC[C@@H]%10O9)C[C@H](C)[C@@H]9O[C@@H]%10C([C@@H](O)CO)CO[C@@H]%10C[C@@H]9O%11)O[C@@H]8C[C@@H]7O[C@H]6C[C@H]6O[C@@H](CC[C@@H]1O2)C[C@@H](C)C6=C)O[C@@H]5[C@H](O4)[C@@H]3I. The third-order valence-corrected chi connectivity index (χ3v) is 23.6. The van der Waals surface area contributed by atoms with Gasteiger partial charge in [-0.3, -0.25) is 4.79 Å². The van der Waals surface area contributed by atoms with E-state index < -0.39 is 53.7 Å². The number of hydrogen-bond donors (Lipinski definition) is 4. The minimum atomic E-state index is -2.13. The first-order chi connectivity index (χ1) is 38.4. The lowest BCUT2D eigenvalue weighted by molar-refractivity contribution is -0.363. The molecular formula is C60H85IO19. The molecule has 446 valence electrons. The van der Waals surface area contributed by atoms with Crippen LogP contribution < -0.4 is 0 Å². The Labute approximate surface area is 482 Å². The molecule has 0 aromatic heterocycles. The van der Waals surface area contributed by atoms with Crippen molar-refractivity contribution in [1.29, 1.82) is 0 Å². The second-order valence-electron chi connectivity index (χ2n) is 27.7. The molecule has 0 radical (unpaired) electrons. The van der Waals surface area contributed by atoms with Crippen molar-refractivity contribution < 1.29 is 91.5 Å². The van der Waals surface area contributed by atoms with E-state index in [1.807, 2.05) is 0 Å². The lowest BCUT2D eigenvalue weighted by Crippen LogP contribution is -2.65. The van der Waals surface area contributed by atoms with Gasteiger partial charge >= 0.3 is 0 Å². The molecule has 15 saturated heterocycles. The molecule has 15 heterocycles. The number of fused-ring (bicyclic) bond motifs is 14.